The Bertz CT molecular complexity index is 833. The standard InChI is InChI=1S/C23H30O5/c1-20-6-3-12(24)9-16(20)13-10-14(13)19-15-4-7-22(27,8-5-18(25)26)21(15,2)11-17-23(19,20)28-17/h9,13-15,17,19,27H,3-8,10-11H2,1-2H3,(H,25,26)/t13?,14?,15-,17?,19-,20-,21-,22+,23+/m0/s1. The quantitative estimate of drug-likeness (QED) is 0.728. The summed E-state index contributed by atoms with van der Waals surface area (Å²) in [6.07, 6.45) is 7.59. The minimum absolute atomic E-state index is 0.0267. The Morgan fingerprint density at radius 1 is 1.32 bits per heavy atom. The van der Waals surface area contributed by atoms with E-state index in [2.05, 4.69) is 13.8 Å². The Labute approximate surface area is 165 Å². The Morgan fingerprint density at radius 3 is 2.86 bits per heavy atom. The molecule has 152 valence electrons. The van der Waals surface area contributed by atoms with Crippen LogP contribution in [0.5, 0.6) is 0 Å². The summed E-state index contributed by atoms with van der Waals surface area (Å²) in [5.41, 5.74) is -0.0168. The van der Waals surface area contributed by atoms with Crippen molar-refractivity contribution in [1.82, 2.24) is 0 Å². The molecule has 5 heteroatoms. The van der Waals surface area contributed by atoms with Crippen LogP contribution in [0.1, 0.15) is 65.2 Å². The highest BCUT2D eigenvalue weighted by molar-refractivity contribution is 5.92. The molecule has 2 N–H and O–H groups in total. The van der Waals surface area contributed by atoms with Crippen molar-refractivity contribution in [3.63, 3.8) is 0 Å². The van der Waals surface area contributed by atoms with Gasteiger partial charge in [-0.15, -0.1) is 0 Å². The summed E-state index contributed by atoms with van der Waals surface area (Å²) in [5.74, 6) is 1.36. The van der Waals surface area contributed by atoms with E-state index in [4.69, 9.17) is 4.74 Å². The molecule has 9 atom stereocenters. The number of carboxylic acid groups (broad SMARTS) is 1. The van der Waals surface area contributed by atoms with Crippen LogP contribution in [0.4, 0.5) is 0 Å². The van der Waals surface area contributed by atoms with Gasteiger partial charge in [-0.05, 0) is 68.3 Å². The van der Waals surface area contributed by atoms with Crippen LogP contribution < -0.4 is 0 Å². The van der Waals surface area contributed by atoms with E-state index in [0.29, 0.717) is 42.9 Å². The maximum absolute atomic E-state index is 12.1. The number of fused-ring (bicyclic) bond motifs is 6. The van der Waals surface area contributed by atoms with Gasteiger partial charge < -0.3 is 14.9 Å². The highest BCUT2D eigenvalue weighted by Gasteiger charge is 2.84. The topological polar surface area (TPSA) is 87.1 Å². The minimum Gasteiger partial charge on any atom is -0.481 e. The molecule has 5 nitrogen and oxygen atoms in total. The van der Waals surface area contributed by atoms with Crippen LogP contribution in [0, 0.1) is 34.5 Å². The van der Waals surface area contributed by atoms with Crippen LogP contribution in [0.15, 0.2) is 11.6 Å². The summed E-state index contributed by atoms with van der Waals surface area (Å²) < 4.78 is 6.62. The molecule has 3 unspecified atom stereocenters. The van der Waals surface area contributed by atoms with Gasteiger partial charge in [-0.25, -0.2) is 0 Å². The molecule has 0 aromatic heterocycles. The molecular weight excluding hydrogens is 356 g/mol. The second-order valence-electron chi connectivity index (χ2n) is 11.0. The van der Waals surface area contributed by atoms with E-state index in [1.807, 2.05) is 6.08 Å². The lowest BCUT2D eigenvalue weighted by Crippen LogP contribution is -2.60. The molecule has 5 aliphatic carbocycles. The summed E-state index contributed by atoms with van der Waals surface area (Å²) in [7, 11) is 0. The predicted molar refractivity (Wildman–Crippen MR) is 100 cm³/mol. The van der Waals surface area contributed by atoms with Gasteiger partial charge in [0.1, 0.15) is 5.60 Å². The van der Waals surface area contributed by atoms with Crippen molar-refractivity contribution >= 4 is 11.8 Å². The number of carbonyl (C=O) groups is 2. The molecule has 28 heavy (non-hydrogen) atoms. The second kappa shape index (κ2) is 4.92. The number of aliphatic carboxylic acids is 1. The van der Waals surface area contributed by atoms with Gasteiger partial charge in [-0.2, -0.15) is 0 Å². The third-order valence-corrected chi connectivity index (χ3v) is 10.2. The van der Waals surface area contributed by atoms with Crippen molar-refractivity contribution in [3.05, 3.63) is 11.6 Å². The van der Waals surface area contributed by atoms with Gasteiger partial charge in [-0.1, -0.05) is 19.4 Å². The summed E-state index contributed by atoms with van der Waals surface area (Å²) >= 11 is 0. The van der Waals surface area contributed by atoms with Crippen molar-refractivity contribution in [2.24, 2.45) is 34.5 Å². The average molecular weight is 386 g/mol. The molecule has 5 fully saturated rings. The third kappa shape index (κ3) is 1.78. The minimum atomic E-state index is -0.905. The monoisotopic (exact) mass is 386 g/mol. The summed E-state index contributed by atoms with van der Waals surface area (Å²) in [6, 6.07) is 0. The van der Waals surface area contributed by atoms with Gasteiger partial charge >= 0.3 is 5.97 Å². The Hall–Kier alpha value is -1.20. The molecule has 0 aromatic rings. The van der Waals surface area contributed by atoms with E-state index in [1.165, 1.54) is 5.57 Å². The van der Waals surface area contributed by atoms with Crippen molar-refractivity contribution in [2.45, 2.75) is 82.5 Å². The van der Waals surface area contributed by atoms with Crippen LogP contribution in [0.2, 0.25) is 0 Å². The smallest absolute Gasteiger partial charge is 0.303 e. The number of carboxylic acids is 1. The van der Waals surface area contributed by atoms with E-state index in [-0.39, 0.29) is 34.7 Å². The molecule has 4 saturated carbocycles. The van der Waals surface area contributed by atoms with E-state index >= 15 is 0 Å². The fourth-order valence-corrected chi connectivity index (χ4v) is 8.66. The largest absolute Gasteiger partial charge is 0.481 e. The summed E-state index contributed by atoms with van der Waals surface area (Å²) in [6.45, 7) is 4.54. The maximum atomic E-state index is 12.1. The number of epoxide rings is 1. The number of ketones is 1. The first kappa shape index (κ1) is 17.6. The first-order chi connectivity index (χ1) is 13.2. The van der Waals surface area contributed by atoms with Crippen LogP contribution in [0.3, 0.4) is 0 Å². The lowest BCUT2D eigenvalue weighted by Gasteiger charge is -2.56. The molecule has 6 aliphatic rings. The van der Waals surface area contributed by atoms with Crippen molar-refractivity contribution in [1.29, 1.82) is 0 Å². The molecule has 0 aromatic carbocycles. The zero-order valence-electron chi connectivity index (χ0n) is 16.7. The highest BCUT2D eigenvalue weighted by atomic mass is 16.6. The Morgan fingerprint density at radius 2 is 2.11 bits per heavy atom. The number of aliphatic hydroxyl groups is 1. The van der Waals surface area contributed by atoms with Gasteiger partial charge in [-0.3, -0.25) is 9.59 Å². The van der Waals surface area contributed by atoms with E-state index in [0.717, 1.165) is 25.7 Å². The van der Waals surface area contributed by atoms with Crippen LogP contribution in [-0.4, -0.2) is 39.3 Å². The van der Waals surface area contributed by atoms with Crippen molar-refractivity contribution in [2.75, 3.05) is 0 Å². The molecule has 1 spiro atoms. The number of hydrogen-bond donors (Lipinski definition) is 2. The van der Waals surface area contributed by atoms with E-state index < -0.39 is 11.6 Å². The fraction of sp³-hybridized carbons (Fsp3) is 0.826. The Kier molecular flexibility index (Phi) is 3.10. The normalized spacial score (nSPS) is 57.9. The number of rotatable bonds is 3. The van der Waals surface area contributed by atoms with Crippen LogP contribution in [0.25, 0.3) is 0 Å². The molecule has 6 rings (SSSR count). The average Bonchev–Trinajstić information content (AvgIpc) is 3.52. The lowest BCUT2D eigenvalue weighted by atomic mass is 9.46. The molecule has 0 bridgehead atoms. The Balaban J connectivity index is 1.40. The lowest BCUT2D eigenvalue weighted by molar-refractivity contribution is -0.144. The first-order valence-electron chi connectivity index (χ1n) is 11.0. The number of hydrogen-bond acceptors (Lipinski definition) is 4. The van der Waals surface area contributed by atoms with Gasteiger partial charge in [0.25, 0.3) is 0 Å². The predicted octanol–water partition coefficient (Wildman–Crippen LogP) is 3.10. The molecule has 1 aliphatic heterocycles. The highest BCUT2D eigenvalue weighted by Crippen LogP contribution is 2.82. The van der Waals surface area contributed by atoms with Crippen LogP contribution in [-0.2, 0) is 14.3 Å². The zero-order chi connectivity index (χ0) is 19.7. The van der Waals surface area contributed by atoms with Gasteiger partial charge in [0, 0.05) is 23.7 Å². The first-order valence-corrected chi connectivity index (χ1v) is 11.0. The van der Waals surface area contributed by atoms with Crippen LogP contribution >= 0.6 is 0 Å². The zero-order valence-corrected chi connectivity index (χ0v) is 16.7. The van der Waals surface area contributed by atoms with Crippen molar-refractivity contribution < 1.29 is 24.5 Å². The van der Waals surface area contributed by atoms with E-state index in [9.17, 15) is 19.8 Å². The van der Waals surface area contributed by atoms with Gasteiger partial charge in [0.05, 0.1) is 11.7 Å². The SMILES string of the molecule is C[C@]12CCC(=O)C=C1C1CC1[C@H]1[C@@H]3CC[C@@](O)(CCC(=O)O)[C@@]3(C)CC3O[C@]312. The molecule has 1 heterocycles. The molecule has 1 saturated heterocycles. The maximum Gasteiger partial charge on any atom is 0.303 e. The van der Waals surface area contributed by atoms with Gasteiger partial charge in [0.15, 0.2) is 5.78 Å². The van der Waals surface area contributed by atoms with Crippen molar-refractivity contribution in [3.8, 4) is 0 Å². The van der Waals surface area contributed by atoms with Gasteiger partial charge in [0.2, 0.25) is 0 Å². The second-order valence-corrected chi connectivity index (χ2v) is 11.0. The fourth-order valence-electron chi connectivity index (χ4n) is 8.66. The summed E-state index contributed by atoms with van der Waals surface area (Å²) in [5, 5.41) is 20.8. The number of carbonyl (C=O) groups excluding carboxylic acids is 1. The third-order valence-electron chi connectivity index (χ3n) is 10.2. The molecule has 0 radical (unpaired) electrons. The summed E-state index contributed by atoms with van der Waals surface area (Å²) in [4.78, 5) is 23.3. The molecule has 0 amide bonds. The number of ether oxygens (including phenoxy) is 1. The molecular formula is C23H30O5. The van der Waals surface area contributed by atoms with E-state index in [1.54, 1.807) is 0 Å².